The average molecular weight is 274 g/mol. The molecule has 108 valence electrons. The Bertz CT molecular complexity index is 497. The van der Waals surface area contributed by atoms with Crippen LogP contribution in [0.15, 0.2) is 36.4 Å². The Morgan fingerprint density at radius 1 is 1.45 bits per heavy atom. The molecule has 1 aliphatic heterocycles. The number of para-hydroxylation sites is 1. The second-order valence-electron chi connectivity index (χ2n) is 5.36. The van der Waals surface area contributed by atoms with Crippen LogP contribution in [-0.4, -0.2) is 43.1 Å². The first-order valence-electron chi connectivity index (χ1n) is 6.99. The lowest BCUT2D eigenvalue weighted by Crippen LogP contribution is -2.36. The Balaban J connectivity index is 2.03. The molecule has 2 rings (SSSR count). The van der Waals surface area contributed by atoms with E-state index in [1.54, 1.807) is 4.90 Å². The molecule has 0 atom stereocenters. The van der Waals surface area contributed by atoms with E-state index in [-0.39, 0.29) is 5.91 Å². The Kier molecular flexibility index (Phi) is 4.79. The van der Waals surface area contributed by atoms with Gasteiger partial charge in [0.1, 0.15) is 12.4 Å². The number of benzene rings is 1. The number of nitrogens with zero attached hydrogens (tertiary/aromatic N) is 1. The van der Waals surface area contributed by atoms with E-state index in [0.29, 0.717) is 37.1 Å². The lowest BCUT2D eigenvalue weighted by Gasteiger charge is -2.22. The first-order valence-corrected chi connectivity index (χ1v) is 6.99. The van der Waals surface area contributed by atoms with Crippen LogP contribution in [0.5, 0.6) is 5.75 Å². The van der Waals surface area contributed by atoms with Crippen molar-refractivity contribution >= 4 is 5.91 Å². The standard InChI is InChI=1S/C16H22N2O2/c1-12(2)17-10-13(3)11-18-8-9-20-15-7-5-4-6-14(15)16(18)19/h4-7,12,17H,3,8-11H2,1-2H3. The topological polar surface area (TPSA) is 41.6 Å². The molecule has 20 heavy (non-hydrogen) atoms. The van der Waals surface area contributed by atoms with Crippen molar-refractivity contribution in [2.24, 2.45) is 0 Å². The summed E-state index contributed by atoms with van der Waals surface area (Å²) in [6.45, 7) is 10.6. The van der Waals surface area contributed by atoms with Crippen molar-refractivity contribution in [1.29, 1.82) is 0 Å². The zero-order valence-electron chi connectivity index (χ0n) is 12.2. The van der Waals surface area contributed by atoms with Crippen molar-refractivity contribution in [3.8, 4) is 5.75 Å². The van der Waals surface area contributed by atoms with Gasteiger partial charge < -0.3 is 15.0 Å². The van der Waals surface area contributed by atoms with E-state index in [2.05, 4.69) is 25.7 Å². The minimum Gasteiger partial charge on any atom is -0.491 e. The normalized spacial score (nSPS) is 14.8. The predicted octanol–water partition coefficient (Wildman–Crippen LogP) is 2.08. The second-order valence-corrected chi connectivity index (χ2v) is 5.36. The van der Waals surface area contributed by atoms with E-state index in [4.69, 9.17) is 4.74 Å². The van der Waals surface area contributed by atoms with Crippen molar-refractivity contribution < 1.29 is 9.53 Å². The fraction of sp³-hybridized carbons (Fsp3) is 0.438. The monoisotopic (exact) mass is 274 g/mol. The van der Waals surface area contributed by atoms with E-state index < -0.39 is 0 Å². The molecule has 0 unspecified atom stereocenters. The highest BCUT2D eigenvalue weighted by molar-refractivity contribution is 5.97. The number of carbonyl (C=O) groups excluding carboxylic acids is 1. The number of amides is 1. The fourth-order valence-corrected chi connectivity index (χ4v) is 2.13. The molecule has 1 amide bonds. The van der Waals surface area contributed by atoms with Crippen LogP contribution in [-0.2, 0) is 0 Å². The number of hydrogen-bond acceptors (Lipinski definition) is 3. The van der Waals surface area contributed by atoms with Crippen molar-refractivity contribution in [2.75, 3.05) is 26.2 Å². The van der Waals surface area contributed by atoms with Crippen molar-refractivity contribution in [2.45, 2.75) is 19.9 Å². The summed E-state index contributed by atoms with van der Waals surface area (Å²) in [5.74, 6) is 0.690. The van der Waals surface area contributed by atoms with Gasteiger partial charge in [0.2, 0.25) is 0 Å². The molecule has 4 nitrogen and oxygen atoms in total. The van der Waals surface area contributed by atoms with E-state index in [0.717, 1.165) is 12.1 Å². The fourth-order valence-electron chi connectivity index (χ4n) is 2.13. The summed E-state index contributed by atoms with van der Waals surface area (Å²) in [7, 11) is 0. The quantitative estimate of drug-likeness (QED) is 0.836. The van der Waals surface area contributed by atoms with Gasteiger partial charge in [0.15, 0.2) is 0 Å². The average Bonchev–Trinajstić information content (AvgIpc) is 2.58. The summed E-state index contributed by atoms with van der Waals surface area (Å²) in [6.07, 6.45) is 0. The molecule has 0 radical (unpaired) electrons. The van der Waals surface area contributed by atoms with Gasteiger partial charge in [-0.25, -0.2) is 0 Å². The van der Waals surface area contributed by atoms with Crippen LogP contribution in [0.1, 0.15) is 24.2 Å². The summed E-state index contributed by atoms with van der Waals surface area (Å²) in [5, 5.41) is 3.32. The van der Waals surface area contributed by atoms with E-state index in [1.165, 1.54) is 0 Å². The van der Waals surface area contributed by atoms with Gasteiger partial charge >= 0.3 is 0 Å². The third kappa shape index (κ3) is 3.61. The summed E-state index contributed by atoms with van der Waals surface area (Å²) in [5.41, 5.74) is 1.64. The molecule has 0 saturated heterocycles. The van der Waals surface area contributed by atoms with Crippen LogP contribution >= 0.6 is 0 Å². The van der Waals surface area contributed by atoms with Gasteiger partial charge in [-0.3, -0.25) is 4.79 Å². The van der Waals surface area contributed by atoms with Crippen LogP contribution in [0.2, 0.25) is 0 Å². The first kappa shape index (κ1) is 14.6. The molecule has 0 fully saturated rings. The molecule has 0 bridgehead atoms. The Hall–Kier alpha value is -1.81. The van der Waals surface area contributed by atoms with Crippen LogP contribution in [0.3, 0.4) is 0 Å². The smallest absolute Gasteiger partial charge is 0.258 e. The molecule has 1 aliphatic rings. The number of fused-ring (bicyclic) bond motifs is 1. The van der Waals surface area contributed by atoms with E-state index >= 15 is 0 Å². The zero-order chi connectivity index (χ0) is 14.5. The summed E-state index contributed by atoms with van der Waals surface area (Å²) in [6, 6.07) is 7.80. The largest absolute Gasteiger partial charge is 0.491 e. The Morgan fingerprint density at radius 2 is 2.20 bits per heavy atom. The molecule has 1 aromatic rings. The third-order valence-electron chi connectivity index (χ3n) is 3.20. The molecule has 1 aromatic carbocycles. The number of nitrogens with one attached hydrogen (secondary N) is 1. The molecule has 0 spiro atoms. The van der Waals surface area contributed by atoms with Gasteiger partial charge in [-0.15, -0.1) is 0 Å². The zero-order valence-corrected chi connectivity index (χ0v) is 12.2. The van der Waals surface area contributed by atoms with Gasteiger partial charge in [-0.1, -0.05) is 32.6 Å². The maximum absolute atomic E-state index is 12.5. The van der Waals surface area contributed by atoms with Gasteiger partial charge in [0, 0.05) is 19.1 Å². The van der Waals surface area contributed by atoms with Crippen LogP contribution in [0.4, 0.5) is 0 Å². The highest BCUT2D eigenvalue weighted by Gasteiger charge is 2.23. The van der Waals surface area contributed by atoms with Gasteiger partial charge in [0.25, 0.3) is 5.91 Å². The van der Waals surface area contributed by atoms with E-state index in [1.807, 2.05) is 24.3 Å². The predicted molar refractivity (Wildman–Crippen MR) is 80.1 cm³/mol. The molecular formula is C16H22N2O2. The Morgan fingerprint density at radius 3 is 2.95 bits per heavy atom. The molecule has 0 saturated carbocycles. The minimum atomic E-state index is 0.0174. The van der Waals surface area contributed by atoms with Crippen molar-refractivity contribution in [3.05, 3.63) is 42.0 Å². The molecule has 0 aliphatic carbocycles. The lowest BCUT2D eigenvalue weighted by atomic mass is 10.1. The van der Waals surface area contributed by atoms with Crippen molar-refractivity contribution in [1.82, 2.24) is 10.2 Å². The molecular weight excluding hydrogens is 252 g/mol. The lowest BCUT2D eigenvalue weighted by molar-refractivity contribution is 0.0770. The van der Waals surface area contributed by atoms with Crippen LogP contribution in [0, 0.1) is 0 Å². The third-order valence-corrected chi connectivity index (χ3v) is 3.20. The summed E-state index contributed by atoms with van der Waals surface area (Å²) in [4.78, 5) is 14.3. The van der Waals surface area contributed by atoms with E-state index in [9.17, 15) is 4.79 Å². The first-order chi connectivity index (χ1) is 9.58. The number of ether oxygens (including phenoxy) is 1. The maximum atomic E-state index is 12.5. The highest BCUT2D eigenvalue weighted by atomic mass is 16.5. The number of hydrogen-bond donors (Lipinski definition) is 1. The van der Waals surface area contributed by atoms with Crippen molar-refractivity contribution in [3.63, 3.8) is 0 Å². The molecule has 4 heteroatoms. The Labute approximate surface area is 120 Å². The minimum absolute atomic E-state index is 0.0174. The molecule has 1 N–H and O–H groups in total. The number of carbonyl (C=O) groups is 1. The van der Waals surface area contributed by atoms with Gasteiger partial charge in [-0.2, -0.15) is 0 Å². The van der Waals surface area contributed by atoms with Crippen LogP contribution < -0.4 is 10.1 Å². The second kappa shape index (κ2) is 6.57. The van der Waals surface area contributed by atoms with Gasteiger partial charge in [-0.05, 0) is 17.7 Å². The summed E-state index contributed by atoms with van der Waals surface area (Å²) >= 11 is 0. The van der Waals surface area contributed by atoms with Gasteiger partial charge in [0.05, 0.1) is 12.1 Å². The summed E-state index contributed by atoms with van der Waals surface area (Å²) < 4.78 is 5.62. The number of rotatable bonds is 5. The molecule has 0 aromatic heterocycles. The van der Waals surface area contributed by atoms with Crippen LogP contribution in [0.25, 0.3) is 0 Å². The highest BCUT2D eigenvalue weighted by Crippen LogP contribution is 2.22. The maximum Gasteiger partial charge on any atom is 0.258 e. The SMILES string of the molecule is C=C(CNC(C)C)CN1CCOc2ccccc2C1=O. The molecule has 1 heterocycles.